The molecule has 1 heteroatoms. The molecule has 1 rings (SSSR count). The summed E-state index contributed by atoms with van der Waals surface area (Å²) in [6, 6.07) is 10.3. The lowest BCUT2D eigenvalue weighted by molar-refractivity contribution is -0.0221. The molecule has 0 atom stereocenters. The van der Waals surface area contributed by atoms with E-state index in [4.69, 9.17) is 4.74 Å². The van der Waals surface area contributed by atoms with Crippen LogP contribution in [0.1, 0.15) is 33.3 Å². The summed E-state index contributed by atoms with van der Waals surface area (Å²) in [6.45, 7) is 8.26. The fourth-order valence-electron chi connectivity index (χ4n) is 1.51. The van der Waals surface area contributed by atoms with Gasteiger partial charge in [-0.1, -0.05) is 42.5 Å². The van der Waals surface area contributed by atoms with E-state index in [0.29, 0.717) is 0 Å². The summed E-state index contributed by atoms with van der Waals surface area (Å²) in [5.74, 6) is 0. The Morgan fingerprint density at radius 3 is 2.27 bits per heavy atom. The number of hydrogen-bond acceptors (Lipinski definition) is 1. The molecule has 0 amide bonds. The van der Waals surface area contributed by atoms with E-state index in [9.17, 15) is 0 Å². The van der Waals surface area contributed by atoms with Crippen molar-refractivity contribution in [3.63, 3.8) is 0 Å². The average Bonchev–Trinajstić information content (AvgIpc) is 2.15. The summed E-state index contributed by atoms with van der Waals surface area (Å²) in [4.78, 5) is 0. The van der Waals surface area contributed by atoms with Crippen molar-refractivity contribution in [3.05, 3.63) is 42.0 Å². The number of benzene rings is 1. The molecule has 15 heavy (non-hydrogen) atoms. The van der Waals surface area contributed by atoms with E-state index in [1.54, 1.807) is 0 Å². The van der Waals surface area contributed by atoms with Crippen LogP contribution in [0.5, 0.6) is 0 Å². The maximum Gasteiger partial charge on any atom is 0.0813 e. The minimum atomic E-state index is -0.204. The van der Waals surface area contributed by atoms with Crippen LogP contribution in [-0.2, 0) is 4.74 Å². The van der Waals surface area contributed by atoms with E-state index < -0.39 is 0 Å². The lowest BCUT2D eigenvalue weighted by Crippen LogP contribution is -2.25. The van der Waals surface area contributed by atoms with Gasteiger partial charge in [-0.15, -0.1) is 0 Å². The van der Waals surface area contributed by atoms with Crippen molar-refractivity contribution in [2.24, 2.45) is 0 Å². The van der Waals surface area contributed by atoms with E-state index in [1.165, 1.54) is 5.56 Å². The van der Waals surface area contributed by atoms with Crippen LogP contribution in [-0.4, -0.2) is 11.7 Å². The molecular formula is C14H20O. The van der Waals surface area contributed by atoms with Gasteiger partial charge in [0.2, 0.25) is 0 Å². The molecule has 82 valence electrons. The van der Waals surface area contributed by atoms with Crippen molar-refractivity contribution in [1.82, 2.24) is 0 Å². The first-order valence-corrected chi connectivity index (χ1v) is 5.42. The van der Waals surface area contributed by atoms with Crippen molar-refractivity contribution < 1.29 is 4.74 Å². The van der Waals surface area contributed by atoms with E-state index in [2.05, 4.69) is 52.0 Å². The number of ether oxygens (including phenoxy) is 1. The van der Waals surface area contributed by atoms with Gasteiger partial charge in [-0.25, -0.2) is 0 Å². The zero-order valence-electron chi connectivity index (χ0n) is 10.0. The topological polar surface area (TPSA) is 9.23 Å². The molecule has 0 unspecified atom stereocenters. The summed E-state index contributed by atoms with van der Waals surface area (Å²) in [5.41, 5.74) is 1.00. The first kappa shape index (κ1) is 12.0. The number of rotatable bonds is 4. The fraction of sp³-hybridized carbons (Fsp3) is 0.429. The fourth-order valence-corrected chi connectivity index (χ4v) is 1.51. The van der Waals surface area contributed by atoms with Crippen molar-refractivity contribution in [1.29, 1.82) is 0 Å². The smallest absolute Gasteiger partial charge is 0.0813 e. The third-order valence-corrected chi connectivity index (χ3v) is 2.02. The van der Waals surface area contributed by atoms with Crippen LogP contribution < -0.4 is 0 Å². The van der Waals surface area contributed by atoms with Crippen molar-refractivity contribution >= 4 is 6.08 Å². The second-order valence-corrected chi connectivity index (χ2v) is 4.51. The molecule has 0 radical (unpaired) electrons. The van der Waals surface area contributed by atoms with Gasteiger partial charge in [0.15, 0.2) is 0 Å². The van der Waals surface area contributed by atoms with Crippen LogP contribution in [0.3, 0.4) is 0 Å². The van der Waals surface area contributed by atoms with Crippen LogP contribution in [0, 0.1) is 0 Å². The zero-order valence-corrected chi connectivity index (χ0v) is 10.0. The largest absolute Gasteiger partial charge is 0.369 e. The van der Waals surface area contributed by atoms with Gasteiger partial charge < -0.3 is 4.74 Å². The summed E-state index contributed by atoms with van der Waals surface area (Å²) >= 11 is 0. The molecule has 0 aliphatic rings. The molecule has 1 aromatic rings. The quantitative estimate of drug-likeness (QED) is 0.722. The van der Waals surface area contributed by atoms with Crippen molar-refractivity contribution in [2.75, 3.05) is 0 Å². The zero-order chi connectivity index (χ0) is 11.3. The molecule has 0 fully saturated rings. The van der Waals surface area contributed by atoms with Crippen LogP contribution in [0.2, 0.25) is 0 Å². The molecule has 0 aliphatic carbocycles. The summed E-state index contributed by atoms with van der Waals surface area (Å²) in [6.07, 6.45) is 4.45. The van der Waals surface area contributed by atoms with Gasteiger partial charge in [0.05, 0.1) is 11.7 Å². The highest BCUT2D eigenvalue weighted by molar-refractivity contribution is 5.49. The molecular weight excluding hydrogens is 184 g/mol. The molecule has 1 nitrogen and oxygen atoms in total. The van der Waals surface area contributed by atoms with Crippen molar-refractivity contribution in [2.45, 2.75) is 39.4 Å². The highest BCUT2D eigenvalue weighted by Crippen LogP contribution is 2.15. The maximum atomic E-state index is 5.77. The molecule has 0 bridgehead atoms. The summed E-state index contributed by atoms with van der Waals surface area (Å²) < 4.78 is 5.77. The van der Waals surface area contributed by atoms with Crippen LogP contribution in [0.25, 0.3) is 6.08 Å². The Balaban J connectivity index is 2.64. The van der Waals surface area contributed by atoms with E-state index in [0.717, 1.165) is 0 Å². The normalized spacial score (nSPS) is 12.6. The second kappa shape index (κ2) is 5.13. The second-order valence-electron chi connectivity index (χ2n) is 4.51. The molecule has 0 saturated carbocycles. The van der Waals surface area contributed by atoms with Crippen LogP contribution in [0.4, 0.5) is 0 Å². The number of hydrogen-bond donors (Lipinski definition) is 0. The lowest BCUT2D eigenvalue weighted by atomic mass is 10.1. The van der Waals surface area contributed by atoms with Gasteiger partial charge in [-0.2, -0.15) is 0 Å². The van der Waals surface area contributed by atoms with Gasteiger partial charge in [0.1, 0.15) is 0 Å². The summed E-state index contributed by atoms with van der Waals surface area (Å²) in [7, 11) is 0. The minimum Gasteiger partial charge on any atom is -0.369 e. The Kier molecular flexibility index (Phi) is 4.10. The average molecular weight is 204 g/mol. The highest BCUT2D eigenvalue weighted by atomic mass is 16.5. The van der Waals surface area contributed by atoms with Crippen LogP contribution in [0.15, 0.2) is 36.4 Å². The Morgan fingerprint density at radius 2 is 1.73 bits per heavy atom. The molecule has 0 spiro atoms. The SMILES string of the molecule is CC(C)OC(C)(C)/C=C/c1ccccc1. The Labute approximate surface area is 92.8 Å². The van der Waals surface area contributed by atoms with Crippen molar-refractivity contribution in [3.8, 4) is 0 Å². The van der Waals surface area contributed by atoms with E-state index >= 15 is 0 Å². The van der Waals surface area contributed by atoms with E-state index in [1.807, 2.05) is 18.2 Å². The van der Waals surface area contributed by atoms with Gasteiger partial charge in [-0.3, -0.25) is 0 Å². The Hall–Kier alpha value is -1.08. The standard InChI is InChI=1S/C14H20O/c1-12(2)15-14(3,4)11-10-13-8-6-5-7-9-13/h5-12H,1-4H3/b11-10+. The molecule has 1 aromatic carbocycles. The van der Waals surface area contributed by atoms with Gasteiger partial charge in [-0.05, 0) is 33.3 Å². The first-order chi connectivity index (χ1) is 6.99. The Bertz CT molecular complexity index is 309. The molecule has 0 saturated heterocycles. The van der Waals surface area contributed by atoms with Gasteiger partial charge in [0, 0.05) is 0 Å². The molecule has 0 aliphatic heterocycles. The predicted octanol–water partition coefficient (Wildman–Crippen LogP) is 3.90. The first-order valence-electron chi connectivity index (χ1n) is 5.42. The highest BCUT2D eigenvalue weighted by Gasteiger charge is 2.15. The van der Waals surface area contributed by atoms with E-state index in [-0.39, 0.29) is 11.7 Å². The van der Waals surface area contributed by atoms with Crippen LogP contribution >= 0.6 is 0 Å². The third kappa shape index (κ3) is 4.80. The molecule has 0 aromatic heterocycles. The lowest BCUT2D eigenvalue weighted by Gasteiger charge is -2.24. The summed E-state index contributed by atoms with van der Waals surface area (Å²) in [5, 5.41) is 0. The minimum absolute atomic E-state index is 0.204. The molecule has 0 N–H and O–H groups in total. The Morgan fingerprint density at radius 1 is 1.13 bits per heavy atom. The molecule has 0 heterocycles. The predicted molar refractivity (Wildman–Crippen MR) is 65.8 cm³/mol. The maximum absolute atomic E-state index is 5.77. The van der Waals surface area contributed by atoms with Gasteiger partial charge in [0.25, 0.3) is 0 Å². The monoisotopic (exact) mass is 204 g/mol. The third-order valence-electron chi connectivity index (χ3n) is 2.02. The van der Waals surface area contributed by atoms with Gasteiger partial charge >= 0.3 is 0 Å².